The first-order chi connectivity index (χ1) is 9.38. The van der Waals surface area contributed by atoms with E-state index in [0.29, 0.717) is 0 Å². The maximum absolute atomic E-state index is 9.98. The number of hydrogen-bond acceptors (Lipinski definition) is 6. The normalized spacial score (nSPS) is 10.9. The fourth-order valence-electron chi connectivity index (χ4n) is 0.859. The second-order valence-electron chi connectivity index (χ2n) is 4.10. The fourth-order valence-corrected chi connectivity index (χ4v) is 0.859. The van der Waals surface area contributed by atoms with E-state index in [9.17, 15) is 29.7 Å². The zero-order chi connectivity index (χ0) is 17.6. The number of rotatable bonds is 3. The number of carbonyl (C=O) groups excluding carboxylic acids is 3. The Morgan fingerprint density at radius 1 is 0.545 bits per heavy atom. The van der Waals surface area contributed by atoms with E-state index in [1.54, 1.807) is 0 Å². The molecule has 22 heavy (non-hydrogen) atoms. The zero-order valence-electron chi connectivity index (χ0n) is 13.6. The third kappa shape index (κ3) is 50.7. The van der Waals surface area contributed by atoms with E-state index >= 15 is 0 Å². The number of allylic oxidation sites excluding steroid dienone is 6. The Morgan fingerprint density at radius 2 is 0.682 bits per heavy atom. The van der Waals surface area contributed by atoms with E-state index in [1.165, 1.54) is 41.5 Å². The Labute approximate surface area is 172 Å². The topological polar surface area (TPSA) is 120 Å². The molecule has 0 amide bonds. The maximum atomic E-state index is 9.98. The summed E-state index contributed by atoms with van der Waals surface area (Å²) in [6.45, 7) is 8.09. The molecule has 0 aromatic heterocycles. The van der Waals surface area contributed by atoms with Gasteiger partial charge in [0.25, 0.3) is 0 Å². The summed E-state index contributed by atoms with van der Waals surface area (Å²) in [5.41, 5.74) is 0. The van der Waals surface area contributed by atoms with Crippen molar-refractivity contribution in [1.29, 1.82) is 0 Å². The minimum Gasteiger partial charge on any atom is -0.876 e. The average molecular weight is 449 g/mol. The van der Waals surface area contributed by atoms with Crippen LogP contribution in [0.3, 0.4) is 0 Å². The van der Waals surface area contributed by atoms with Crippen molar-refractivity contribution in [3.63, 3.8) is 0 Å². The van der Waals surface area contributed by atoms with Crippen LogP contribution >= 0.6 is 0 Å². The molecule has 124 valence electrons. The Balaban J connectivity index is -0.000000108. The number of hydrogen-bond donors (Lipinski definition) is 0. The first-order valence-corrected chi connectivity index (χ1v) is 5.96. The van der Waals surface area contributed by atoms with Crippen LogP contribution in [0.15, 0.2) is 35.5 Å². The maximum Gasteiger partial charge on any atom is 3.00 e. The molecule has 0 atom stereocenters. The molecule has 0 bridgehead atoms. The van der Waals surface area contributed by atoms with E-state index in [2.05, 4.69) is 0 Å². The van der Waals surface area contributed by atoms with Gasteiger partial charge in [0, 0.05) is 0 Å². The predicted octanol–water partition coefficient (Wildman–Crippen LogP) is -0.481. The van der Waals surface area contributed by atoms with Gasteiger partial charge in [0.1, 0.15) is 0 Å². The SMILES string of the molecule is CC(=O)/C=C(/C)[O-].CC(=O)/C=C(\C)[O-].CC(=O)/C=C(\C)[O-].[Eu+3]. The van der Waals surface area contributed by atoms with Crippen molar-refractivity contribution in [2.75, 3.05) is 0 Å². The Bertz CT molecular complexity index is 368. The van der Waals surface area contributed by atoms with Crippen LogP contribution in [-0.2, 0) is 14.4 Å². The van der Waals surface area contributed by atoms with Crippen LogP contribution in [-0.4, -0.2) is 17.3 Å². The fraction of sp³-hybridized carbons (Fsp3) is 0.400. The minimum atomic E-state index is -0.187. The average Bonchev–Trinajstić information content (AvgIpc) is 2.10. The first kappa shape index (κ1) is 29.3. The molecule has 0 aromatic carbocycles. The van der Waals surface area contributed by atoms with Gasteiger partial charge in [-0.1, -0.05) is 20.8 Å². The van der Waals surface area contributed by atoms with Gasteiger partial charge >= 0.3 is 49.4 Å². The van der Waals surface area contributed by atoms with Gasteiger partial charge in [-0.3, -0.25) is 14.4 Å². The molecule has 0 heterocycles. The van der Waals surface area contributed by atoms with Crippen molar-refractivity contribution in [3.05, 3.63) is 35.5 Å². The molecule has 0 aliphatic carbocycles. The van der Waals surface area contributed by atoms with Crippen LogP contribution in [0.4, 0.5) is 0 Å². The summed E-state index contributed by atoms with van der Waals surface area (Å²) in [7, 11) is 0. The van der Waals surface area contributed by atoms with Crippen LogP contribution < -0.4 is 15.3 Å². The molecule has 0 saturated carbocycles. The van der Waals surface area contributed by atoms with Crippen LogP contribution in [0.1, 0.15) is 41.5 Å². The van der Waals surface area contributed by atoms with Crippen molar-refractivity contribution in [3.8, 4) is 0 Å². The van der Waals surface area contributed by atoms with Gasteiger partial charge in [0.15, 0.2) is 17.3 Å². The van der Waals surface area contributed by atoms with Gasteiger partial charge in [-0.2, -0.15) is 0 Å². The van der Waals surface area contributed by atoms with Crippen LogP contribution in [0.25, 0.3) is 0 Å². The van der Waals surface area contributed by atoms with Gasteiger partial charge in [-0.25, -0.2) is 0 Å². The van der Waals surface area contributed by atoms with Crippen LogP contribution in [0.2, 0.25) is 0 Å². The third-order valence-corrected chi connectivity index (χ3v) is 1.22. The molecule has 0 aliphatic rings. The van der Waals surface area contributed by atoms with E-state index in [4.69, 9.17) is 0 Å². The van der Waals surface area contributed by atoms with Gasteiger partial charge in [0.05, 0.1) is 0 Å². The number of carbonyl (C=O) groups is 3. The van der Waals surface area contributed by atoms with E-state index < -0.39 is 0 Å². The molecule has 0 fully saturated rings. The predicted molar refractivity (Wildman–Crippen MR) is 73.3 cm³/mol. The summed E-state index contributed by atoms with van der Waals surface area (Å²) in [6.07, 6.45) is 3.17. The van der Waals surface area contributed by atoms with Crippen molar-refractivity contribution in [1.82, 2.24) is 0 Å². The second-order valence-corrected chi connectivity index (χ2v) is 4.10. The Morgan fingerprint density at radius 3 is 0.682 bits per heavy atom. The molecule has 0 aromatic rings. The van der Waals surface area contributed by atoms with Crippen LogP contribution in [0, 0.1) is 49.4 Å². The molecular formula is C15H21EuO6. The molecule has 0 unspecified atom stereocenters. The van der Waals surface area contributed by atoms with E-state index in [-0.39, 0.29) is 84.0 Å². The summed E-state index contributed by atoms with van der Waals surface area (Å²) < 4.78 is 0. The molecule has 6 nitrogen and oxygen atoms in total. The standard InChI is InChI=1S/3C5H8O2.Eu/c3*1-4(6)3-5(2)7;/h3*3,6H,1-2H3;/q;;;+3/p-3/b2*4-3+;4-3-;. The van der Waals surface area contributed by atoms with E-state index in [0.717, 1.165) is 18.2 Å². The first-order valence-electron chi connectivity index (χ1n) is 5.96. The minimum absolute atomic E-state index is 0. The largest absolute Gasteiger partial charge is 3.00 e. The van der Waals surface area contributed by atoms with Crippen LogP contribution in [0.5, 0.6) is 0 Å². The molecule has 0 spiro atoms. The van der Waals surface area contributed by atoms with Crippen molar-refractivity contribution in [2.24, 2.45) is 0 Å². The summed E-state index contributed by atoms with van der Waals surface area (Å²) in [5.74, 6) is -1.12. The van der Waals surface area contributed by atoms with Gasteiger partial charge in [-0.15, -0.1) is 17.3 Å². The molecule has 0 radical (unpaired) electrons. The third-order valence-electron chi connectivity index (χ3n) is 1.22. The monoisotopic (exact) mass is 450 g/mol. The van der Waals surface area contributed by atoms with Gasteiger partial charge in [0.2, 0.25) is 0 Å². The number of ketones is 3. The quantitative estimate of drug-likeness (QED) is 0.424. The van der Waals surface area contributed by atoms with Crippen molar-refractivity contribution in [2.45, 2.75) is 41.5 Å². The molecular weight excluding hydrogens is 428 g/mol. The zero-order valence-corrected chi connectivity index (χ0v) is 16.0. The Hall–Kier alpha value is -0.786. The molecule has 0 saturated heterocycles. The molecule has 7 heteroatoms. The van der Waals surface area contributed by atoms with Gasteiger partial charge in [-0.05, 0) is 39.0 Å². The second kappa shape index (κ2) is 18.3. The summed E-state index contributed by atoms with van der Waals surface area (Å²) in [4.78, 5) is 29.9. The van der Waals surface area contributed by atoms with E-state index in [1.807, 2.05) is 0 Å². The summed E-state index contributed by atoms with van der Waals surface area (Å²) in [6, 6.07) is 0. The van der Waals surface area contributed by atoms with Crippen molar-refractivity contribution < 1.29 is 79.1 Å². The molecule has 0 N–H and O–H groups in total. The van der Waals surface area contributed by atoms with Crippen molar-refractivity contribution >= 4 is 17.3 Å². The Kier molecular flexibility index (Phi) is 24.3. The summed E-state index contributed by atoms with van der Waals surface area (Å²) >= 11 is 0. The smallest absolute Gasteiger partial charge is 0.876 e. The summed E-state index contributed by atoms with van der Waals surface area (Å²) in [5, 5.41) is 29.9. The molecule has 0 rings (SSSR count). The van der Waals surface area contributed by atoms with Gasteiger partial charge < -0.3 is 15.3 Å². The molecule has 0 aliphatic heterocycles.